The molecule has 0 spiro atoms. The van der Waals surface area contributed by atoms with Gasteiger partial charge in [-0.15, -0.1) is 0 Å². The van der Waals surface area contributed by atoms with Gasteiger partial charge in [0, 0.05) is 6.61 Å². The molecule has 0 aromatic rings. The molecule has 0 unspecified atom stereocenters. The summed E-state index contributed by atoms with van der Waals surface area (Å²) in [5, 5.41) is 0. The zero-order chi connectivity index (χ0) is 5.98. The fraction of sp³-hybridized carbons (Fsp3) is 1.00. The lowest BCUT2D eigenvalue weighted by Gasteiger charge is -2.09. The van der Waals surface area contributed by atoms with Crippen molar-refractivity contribution in [1.29, 1.82) is 0 Å². The maximum Gasteiger partial charge on any atom is 0.0598 e. The van der Waals surface area contributed by atoms with E-state index in [9.17, 15) is 0 Å². The molecule has 0 N–H and O–H groups in total. The van der Waals surface area contributed by atoms with Gasteiger partial charge in [-0.2, -0.15) is 0 Å². The third kappa shape index (κ3) is 1.03. The summed E-state index contributed by atoms with van der Waals surface area (Å²) in [5.74, 6) is 0.806. The van der Waals surface area contributed by atoms with Crippen LogP contribution in [0.25, 0.3) is 0 Å². The van der Waals surface area contributed by atoms with E-state index >= 15 is 0 Å². The average Bonchev–Trinajstić information content (AvgIpc) is 2.14. The Labute approximate surface area is 51.0 Å². The van der Waals surface area contributed by atoms with E-state index in [0.717, 1.165) is 12.5 Å². The molecule has 1 aliphatic rings. The summed E-state index contributed by atoms with van der Waals surface area (Å²) in [4.78, 5) is 0. The monoisotopic (exact) mass is 114 g/mol. The second-order valence-electron chi connectivity index (χ2n) is 2.58. The highest BCUT2D eigenvalue weighted by Gasteiger charge is 2.21. The Morgan fingerprint density at radius 3 is 2.62 bits per heavy atom. The molecule has 1 fully saturated rings. The van der Waals surface area contributed by atoms with E-state index in [1.165, 1.54) is 12.8 Å². The third-order valence-corrected chi connectivity index (χ3v) is 1.94. The standard InChI is InChI=1S/C7H14O/c1-3-7-6(2)4-5-8-7/h6-7H,3-5H2,1-2H3/t6-,7-/m0/s1. The van der Waals surface area contributed by atoms with Gasteiger partial charge in [0.1, 0.15) is 0 Å². The Bertz CT molecular complexity index is 70.8. The van der Waals surface area contributed by atoms with Crippen molar-refractivity contribution in [3.63, 3.8) is 0 Å². The van der Waals surface area contributed by atoms with E-state index in [-0.39, 0.29) is 0 Å². The van der Waals surface area contributed by atoms with Crippen molar-refractivity contribution in [3.8, 4) is 0 Å². The van der Waals surface area contributed by atoms with Gasteiger partial charge < -0.3 is 4.74 Å². The second-order valence-corrected chi connectivity index (χ2v) is 2.58. The first-order chi connectivity index (χ1) is 3.84. The summed E-state index contributed by atoms with van der Waals surface area (Å²) in [6.07, 6.45) is 3.01. The van der Waals surface area contributed by atoms with Crippen LogP contribution in [0.2, 0.25) is 0 Å². The van der Waals surface area contributed by atoms with E-state index in [0.29, 0.717) is 6.10 Å². The van der Waals surface area contributed by atoms with Crippen LogP contribution in [-0.2, 0) is 4.74 Å². The zero-order valence-corrected chi connectivity index (χ0v) is 5.68. The summed E-state index contributed by atoms with van der Waals surface area (Å²) >= 11 is 0. The first-order valence-electron chi connectivity index (χ1n) is 3.46. The summed E-state index contributed by atoms with van der Waals surface area (Å²) < 4.78 is 5.41. The first-order valence-corrected chi connectivity index (χ1v) is 3.46. The van der Waals surface area contributed by atoms with Crippen molar-refractivity contribution in [1.82, 2.24) is 0 Å². The summed E-state index contributed by atoms with van der Waals surface area (Å²) in [5.41, 5.74) is 0. The number of ether oxygens (including phenoxy) is 1. The minimum Gasteiger partial charge on any atom is -0.378 e. The van der Waals surface area contributed by atoms with Crippen LogP contribution >= 0.6 is 0 Å². The SMILES string of the molecule is CC[C@@H]1OCC[C@@H]1C. The molecular formula is C7H14O. The lowest BCUT2D eigenvalue weighted by Crippen LogP contribution is -2.10. The lowest BCUT2D eigenvalue weighted by atomic mass is 10.0. The normalized spacial score (nSPS) is 38.2. The van der Waals surface area contributed by atoms with E-state index < -0.39 is 0 Å². The summed E-state index contributed by atoms with van der Waals surface area (Å²) in [7, 11) is 0. The van der Waals surface area contributed by atoms with Crippen LogP contribution in [0.5, 0.6) is 0 Å². The van der Waals surface area contributed by atoms with Crippen LogP contribution in [0.1, 0.15) is 26.7 Å². The number of rotatable bonds is 1. The molecule has 1 aliphatic heterocycles. The van der Waals surface area contributed by atoms with Gasteiger partial charge in [0.15, 0.2) is 0 Å². The molecule has 0 radical (unpaired) electrons. The van der Waals surface area contributed by atoms with E-state index in [4.69, 9.17) is 4.74 Å². The molecule has 0 aromatic carbocycles. The van der Waals surface area contributed by atoms with Gasteiger partial charge in [-0.05, 0) is 18.8 Å². The van der Waals surface area contributed by atoms with Crippen molar-refractivity contribution in [2.24, 2.45) is 5.92 Å². The molecule has 2 atom stereocenters. The molecular weight excluding hydrogens is 100 g/mol. The Morgan fingerprint density at radius 1 is 1.62 bits per heavy atom. The summed E-state index contributed by atoms with van der Waals surface area (Å²) in [6.45, 7) is 5.44. The highest BCUT2D eigenvalue weighted by atomic mass is 16.5. The Morgan fingerprint density at radius 2 is 2.38 bits per heavy atom. The van der Waals surface area contributed by atoms with E-state index in [1.807, 2.05) is 0 Å². The Hall–Kier alpha value is -0.0400. The van der Waals surface area contributed by atoms with Gasteiger partial charge in [-0.1, -0.05) is 13.8 Å². The van der Waals surface area contributed by atoms with Crippen LogP contribution in [0, 0.1) is 5.92 Å². The minimum atomic E-state index is 0.565. The highest BCUT2D eigenvalue weighted by molar-refractivity contribution is 4.70. The van der Waals surface area contributed by atoms with Crippen LogP contribution in [0.15, 0.2) is 0 Å². The fourth-order valence-corrected chi connectivity index (χ4v) is 1.28. The first kappa shape index (κ1) is 6.09. The molecule has 8 heavy (non-hydrogen) atoms. The van der Waals surface area contributed by atoms with Gasteiger partial charge in [0.2, 0.25) is 0 Å². The molecule has 1 heteroatoms. The van der Waals surface area contributed by atoms with Gasteiger partial charge in [0.25, 0.3) is 0 Å². The smallest absolute Gasteiger partial charge is 0.0598 e. The predicted octanol–water partition coefficient (Wildman–Crippen LogP) is 1.82. The van der Waals surface area contributed by atoms with Crippen molar-refractivity contribution < 1.29 is 4.74 Å². The Kier molecular flexibility index (Phi) is 1.90. The van der Waals surface area contributed by atoms with Crippen molar-refractivity contribution >= 4 is 0 Å². The third-order valence-electron chi connectivity index (χ3n) is 1.94. The number of hydrogen-bond donors (Lipinski definition) is 0. The maximum absolute atomic E-state index is 5.41. The van der Waals surface area contributed by atoms with Crippen LogP contribution in [-0.4, -0.2) is 12.7 Å². The minimum absolute atomic E-state index is 0.565. The maximum atomic E-state index is 5.41. The molecule has 0 amide bonds. The molecule has 0 aromatic heterocycles. The van der Waals surface area contributed by atoms with Gasteiger partial charge in [0.05, 0.1) is 6.10 Å². The molecule has 48 valence electrons. The average molecular weight is 114 g/mol. The second kappa shape index (κ2) is 2.49. The zero-order valence-electron chi connectivity index (χ0n) is 5.68. The molecule has 1 heterocycles. The van der Waals surface area contributed by atoms with E-state index in [1.54, 1.807) is 0 Å². The van der Waals surface area contributed by atoms with Crippen LogP contribution < -0.4 is 0 Å². The van der Waals surface area contributed by atoms with Crippen LogP contribution in [0.4, 0.5) is 0 Å². The molecule has 1 nitrogen and oxygen atoms in total. The molecule has 0 bridgehead atoms. The molecule has 1 rings (SSSR count). The largest absolute Gasteiger partial charge is 0.378 e. The summed E-state index contributed by atoms with van der Waals surface area (Å²) in [6, 6.07) is 0. The van der Waals surface area contributed by atoms with Crippen molar-refractivity contribution in [3.05, 3.63) is 0 Å². The molecule has 0 saturated carbocycles. The molecule has 1 saturated heterocycles. The predicted molar refractivity (Wildman–Crippen MR) is 33.8 cm³/mol. The van der Waals surface area contributed by atoms with Crippen molar-refractivity contribution in [2.75, 3.05) is 6.61 Å². The van der Waals surface area contributed by atoms with Crippen molar-refractivity contribution in [2.45, 2.75) is 32.8 Å². The van der Waals surface area contributed by atoms with E-state index in [2.05, 4.69) is 13.8 Å². The van der Waals surface area contributed by atoms with Gasteiger partial charge in [-0.25, -0.2) is 0 Å². The number of hydrogen-bond acceptors (Lipinski definition) is 1. The Balaban J connectivity index is 2.30. The quantitative estimate of drug-likeness (QED) is 0.505. The van der Waals surface area contributed by atoms with Gasteiger partial charge in [-0.3, -0.25) is 0 Å². The van der Waals surface area contributed by atoms with Gasteiger partial charge >= 0.3 is 0 Å². The highest BCUT2D eigenvalue weighted by Crippen LogP contribution is 2.21. The lowest BCUT2D eigenvalue weighted by molar-refractivity contribution is 0.0912. The topological polar surface area (TPSA) is 9.23 Å². The fourth-order valence-electron chi connectivity index (χ4n) is 1.28. The molecule has 0 aliphatic carbocycles. The van der Waals surface area contributed by atoms with Crippen LogP contribution in [0.3, 0.4) is 0 Å².